The van der Waals surface area contributed by atoms with Crippen molar-refractivity contribution in [3.8, 4) is 0 Å². The molecule has 22 heavy (non-hydrogen) atoms. The summed E-state index contributed by atoms with van der Waals surface area (Å²) in [6.07, 6.45) is -0.0217. The lowest BCUT2D eigenvalue weighted by Gasteiger charge is -2.38. The maximum atomic E-state index is 11.3. The average molecular weight is 316 g/mol. The summed E-state index contributed by atoms with van der Waals surface area (Å²) in [5.41, 5.74) is 2.37. The van der Waals surface area contributed by atoms with Crippen LogP contribution in [0.3, 0.4) is 0 Å². The molecule has 2 aromatic carbocycles. The van der Waals surface area contributed by atoms with Crippen molar-refractivity contribution in [1.29, 1.82) is 0 Å². The molecule has 3 rings (SSSR count). The summed E-state index contributed by atoms with van der Waals surface area (Å²) in [7, 11) is 0. The number of likely N-dealkylation sites (tertiary alicyclic amines) is 1. The zero-order chi connectivity index (χ0) is 15.5. The van der Waals surface area contributed by atoms with Gasteiger partial charge in [-0.1, -0.05) is 54.1 Å². The van der Waals surface area contributed by atoms with E-state index in [1.807, 2.05) is 42.5 Å². The maximum Gasteiger partial charge on any atom is 0.407 e. The summed E-state index contributed by atoms with van der Waals surface area (Å²) >= 11 is 6.13. The molecule has 2 aromatic rings. The molecule has 1 fully saturated rings. The SMILES string of the molecule is O=C(O)N1CC[C@H](c2ccccc2)[C@H](c2cccc(Cl)c2)C1. The van der Waals surface area contributed by atoms with E-state index in [1.54, 1.807) is 0 Å². The monoisotopic (exact) mass is 315 g/mol. The molecule has 1 heterocycles. The van der Waals surface area contributed by atoms with Crippen molar-refractivity contribution in [3.63, 3.8) is 0 Å². The Morgan fingerprint density at radius 3 is 2.45 bits per heavy atom. The fourth-order valence-electron chi connectivity index (χ4n) is 3.30. The molecular formula is C18H18ClNO2. The van der Waals surface area contributed by atoms with E-state index in [2.05, 4.69) is 12.1 Å². The Kier molecular flexibility index (Phi) is 4.34. The number of rotatable bonds is 2. The highest BCUT2D eigenvalue weighted by Crippen LogP contribution is 2.40. The van der Waals surface area contributed by atoms with Gasteiger partial charge in [-0.25, -0.2) is 4.79 Å². The minimum absolute atomic E-state index is 0.131. The molecule has 1 aliphatic heterocycles. The lowest BCUT2D eigenvalue weighted by Crippen LogP contribution is -2.41. The zero-order valence-corrected chi connectivity index (χ0v) is 12.9. The number of amides is 1. The summed E-state index contributed by atoms with van der Waals surface area (Å²) in [5, 5.41) is 10.0. The quantitative estimate of drug-likeness (QED) is 0.880. The molecule has 0 unspecified atom stereocenters. The Bertz CT molecular complexity index is 659. The van der Waals surface area contributed by atoms with Gasteiger partial charge in [-0.2, -0.15) is 0 Å². The third kappa shape index (κ3) is 3.09. The van der Waals surface area contributed by atoms with Crippen LogP contribution < -0.4 is 0 Å². The molecule has 1 saturated heterocycles. The third-order valence-corrected chi connectivity index (χ3v) is 4.62. The second-order valence-electron chi connectivity index (χ2n) is 5.70. The average Bonchev–Trinajstić information content (AvgIpc) is 2.55. The van der Waals surface area contributed by atoms with E-state index in [4.69, 9.17) is 11.6 Å². The van der Waals surface area contributed by atoms with Crippen molar-refractivity contribution in [2.45, 2.75) is 18.3 Å². The summed E-state index contributed by atoms with van der Waals surface area (Å²) < 4.78 is 0. The molecule has 1 N–H and O–H groups in total. The minimum Gasteiger partial charge on any atom is -0.465 e. The molecule has 3 nitrogen and oxygen atoms in total. The smallest absolute Gasteiger partial charge is 0.407 e. The second kappa shape index (κ2) is 6.41. The van der Waals surface area contributed by atoms with Crippen LogP contribution in [0.25, 0.3) is 0 Å². The number of halogens is 1. The predicted molar refractivity (Wildman–Crippen MR) is 87.6 cm³/mol. The Morgan fingerprint density at radius 2 is 1.77 bits per heavy atom. The van der Waals surface area contributed by atoms with Crippen LogP contribution in [0.5, 0.6) is 0 Å². The van der Waals surface area contributed by atoms with Gasteiger partial charge in [0.05, 0.1) is 0 Å². The molecule has 4 heteroatoms. The largest absolute Gasteiger partial charge is 0.465 e. The maximum absolute atomic E-state index is 11.3. The summed E-state index contributed by atoms with van der Waals surface area (Å²) in [5.74, 6) is 0.446. The van der Waals surface area contributed by atoms with Crippen LogP contribution in [-0.4, -0.2) is 29.2 Å². The zero-order valence-electron chi connectivity index (χ0n) is 12.2. The van der Waals surface area contributed by atoms with E-state index in [0.29, 0.717) is 24.0 Å². The van der Waals surface area contributed by atoms with Gasteiger partial charge in [0.25, 0.3) is 0 Å². The molecule has 0 spiro atoms. The molecule has 1 amide bonds. The molecule has 1 aliphatic rings. The van der Waals surface area contributed by atoms with Crippen molar-refractivity contribution in [2.24, 2.45) is 0 Å². The van der Waals surface area contributed by atoms with Gasteiger partial charge < -0.3 is 10.0 Å². The van der Waals surface area contributed by atoms with Crippen LogP contribution in [0.1, 0.15) is 29.4 Å². The standard InChI is InChI=1S/C18H18ClNO2/c19-15-8-4-7-14(11-15)17-12-20(18(21)22)10-9-16(17)13-5-2-1-3-6-13/h1-8,11,16-17H,9-10,12H2,(H,21,22)/t16-,17+/m1/s1. The summed E-state index contributed by atoms with van der Waals surface area (Å²) in [6.45, 7) is 1.08. The number of carbonyl (C=O) groups is 1. The lowest BCUT2D eigenvalue weighted by atomic mass is 9.77. The highest BCUT2D eigenvalue weighted by Gasteiger charge is 2.33. The molecule has 0 aromatic heterocycles. The normalized spacial score (nSPS) is 21.6. The van der Waals surface area contributed by atoms with E-state index in [-0.39, 0.29) is 5.92 Å². The molecule has 2 atom stereocenters. The van der Waals surface area contributed by atoms with Gasteiger partial charge in [-0.15, -0.1) is 0 Å². The molecule has 0 aliphatic carbocycles. The van der Waals surface area contributed by atoms with E-state index in [0.717, 1.165) is 12.0 Å². The summed E-state index contributed by atoms with van der Waals surface area (Å²) in [6, 6.07) is 18.1. The van der Waals surface area contributed by atoms with Gasteiger partial charge in [0, 0.05) is 24.0 Å². The van der Waals surface area contributed by atoms with Crippen molar-refractivity contribution in [1.82, 2.24) is 4.90 Å². The second-order valence-corrected chi connectivity index (χ2v) is 6.13. The van der Waals surface area contributed by atoms with Crippen LogP contribution in [0.15, 0.2) is 54.6 Å². The van der Waals surface area contributed by atoms with Crippen LogP contribution in [-0.2, 0) is 0 Å². The van der Waals surface area contributed by atoms with E-state index < -0.39 is 6.09 Å². The van der Waals surface area contributed by atoms with Crippen LogP contribution in [0.4, 0.5) is 4.79 Å². The van der Waals surface area contributed by atoms with Crippen LogP contribution in [0, 0.1) is 0 Å². The first-order valence-corrected chi connectivity index (χ1v) is 7.81. The molecule has 0 bridgehead atoms. The minimum atomic E-state index is -0.849. The Morgan fingerprint density at radius 1 is 1.05 bits per heavy atom. The van der Waals surface area contributed by atoms with Crippen molar-refractivity contribution < 1.29 is 9.90 Å². The molecule has 0 radical (unpaired) electrons. The van der Waals surface area contributed by atoms with Gasteiger partial charge >= 0.3 is 6.09 Å². The fourth-order valence-corrected chi connectivity index (χ4v) is 3.50. The molecular weight excluding hydrogens is 298 g/mol. The van der Waals surface area contributed by atoms with E-state index >= 15 is 0 Å². The van der Waals surface area contributed by atoms with Crippen LogP contribution >= 0.6 is 11.6 Å². The number of hydrogen-bond donors (Lipinski definition) is 1. The highest BCUT2D eigenvalue weighted by atomic mass is 35.5. The van der Waals surface area contributed by atoms with Crippen LogP contribution in [0.2, 0.25) is 5.02 Å². The van der Waals surface area contributed by atoms with Crippen molar-refractivity contribution in [2.75, 3.05) is 13.1 Å². The number of hydrogen-bond acceptors (Lipinski definition) is 1. The first-order chi connectivity index (χ1) is 10.6. The van der Waals surface area contributed by atoms with Crippen molar-refractivity contribution >= 4 is 17.7 Å². The van der Waals surface area contributed by atoms with Gasteiger partial charge in [-0.3, -0.25) is 0 Å². The Hall–Kier alpha value is -2.00. The topological polar surface area (TPSA) is 40.5 Å². The van der Waals surface area contributed by atoms with Crippen molar-refractivity contribution in [3.05, 3.63) is 70.7 Å². The number of piperidine rings is 1. The molecule has 114 valence electrons. The lowest BCUT2D eigenvalue weighted by molar-refractivity contribution is 0.125. The predicted octanol–water partition coefficient (Wildman–Crippen LogP) is 4.59. The molecule has 0 saturated carbocycles. The van der Waals surface area contributed by atoms with Gasteiger partial charge in [0.1, 0.15) is 0 Å². The number of carboxylic acid groups (broad SMARTS) is 1. The van der Waals surface area contributed by atoms with Gasteiger partial charge in [0.15, 0.2) is 0 Å². The Balaban J connectivity index is 1.96. The van der Waals surface area contributed by atoms with E-state index in [1.165, 1.54) is 10.5 Å². The third-order valence-electron chi connectivity index (χ3n) is 4.39. The van der Waals surface area contributed by atoms with Gasteiger partial charge in [0.2, 0.25) is 0 Å². The first-order valence-electron chi connectivity index (χ1n) is 7.43. The Labute approximate surface area is 135 Å². The fraction of sp³-hybridized carbons (Fsp3) is 0.278. The van der Waals surface area contributed by atoms with E-state index in [9.17, 15) is 9.90 Å². The first kappa shape index (κ1) is 14.9. The highest BCUT2D eigenvalue weighted by molar-refractivity contribution is 6.30. The van der Waals surface area contributed by atoms with Gasteiger partial charge in [-0.05, 0) is 35.6 Å². The summed E-state index contributed by atoms with van der Waals surface area (Å²) in [4.78, 5) is 12.8. The number of benzene rings is 2. The number of nitrogens with zero attached hydrogens (tertiary/aromatic N) is 1.